The van der Waals surface area contributed by atoms with Gasteiger partial charge in [0.15, 0.2) is 0 Å². The molecular formula is C21H28N2O2. The molecule has 0 spiro atoms. The third-order valence-electron chi connectivity index (χ3n) is 4.23. The van der Waals surface area contributed by atoms with Crippen LogP contribution in [0.15, 0.2) is 36.4 Å². The molecule has 0 fully saturated rings. The van der Waals surface area contributed by atoms with Crippen LogP contribution in [0.25, 0.3) is 0 Å². The second-order valence-corrected chi connectivity index (χ2v) is 6.38. The van der Waals surface area contributed by atoms with Gasteiger partial charge in [-0.25, -0.2) is 0 Å². The van der Waals surface area contributed by atoms with Crippen LogP contribution in [0.3, 0.4) is 0 Å². The molecule has 0 radical (unpaired) electrons. The molecule has 0 bridgehead atoms. The number of hydrogen-bond donors (Lipinski definition) is 2. The average molecular weight is 340 g/mol. The minimum atomic E-state index is 0.0415. The van der Waals surface area contributed by atoms with Crippen LogP contribution >= 0.6 is 0 Å². The SMILES string of the molecule is COc1ccccc1CCNCCC(=O)Nc1c(C)cc(C)cc1C. The normalized spacial score (nSPS) is 10.6. The lowest BCUT2D eigenvalue weighted by molar-refractivity contribution is -0.116. The van der Waals surface area contributed by atoms with Gasteiger partial charge >= 0.3 is 0 Å². The number of amides is 1. The fraction of sp³-hybridized carbons (Fsp3) is 0.381. The number of carbonyl (C=O) groups excluding carboxylic acids is 1. The summed E-state index contributed by atoms with van der Waals surface area (Å²) in [6.07, 6.45) is 1.33. The second kappa shape index (κ2) is 9.23. The Bertz CT molecular complexity index is 703. The van der Waals surface area contributed by atoms with Crippen molar-refractivity contribution in [1.29, 1.82) is 0 Å². The Hall–Kier alpha value is -2.33. The van der Waals surface area contributed by atoms with Crippen molar-refractivity contribution in [2.24, 2.45) is 0 Å². The van der Waals surface area contributed by atoms with E-state index in [1.54, 1.807) is 7.11 Å². The van der Waals surface area contributed by atoms with Crippen LogP contribution in [0.2, 0.25) is 0 Å². The number of hydrogen-bond acceptors (Lipinski definition) is 3. The lowest BCUT2D eigenvalue weighted by atomic mass is 10.1. The molecule has 0 aliphatic rings. The molecule has 0 aromatic heterocycles. The highest BCUT2D eigenvalue weighted by Gasteiger charge is 2.08. The van der Waals surface area contributed by atoms with E-state index in [1.165, 1.54) is 11.1 Å². The van der Waals surface area contributed by atoms with E-state index in [0.717, 1.165) is 35.5 Å². The molecule has 2 rings (SSSR count). The Morgan fingerprint density at radius 3 is 2.40 bits per heavy atom. The first-order valence-corrected chi connectivity index (χ1v) is 8.71. The van der Waals surface area contributed by atoms with Gasteiger partial charge in [0.05, 0.1) is 7.11 Å². The minimum absolute atomic E-state index is 0.0415. The highest BCUT2D eigenvalue weighted by atomic mass is 16.5. The van der Waals surface area contributed by atoms with Crippen molar-refractivity contribution in [1.82, 2.24) is 5.32 Å². The highest BCUT2D eigenvalue weighted by Crippen LogP contribution is 2.22. The van der Waals surface area contributed by atoms with E-state index in [4.69, 9.17) is 4.74 Å². The predicted molar refractivity (Wildman–Crippen MR) is 103 cm³/mol. The van der Waals surface area contributed by atoms with Gasteiger partial charge in [-0.3, -0.25) is 4.79 Å². The van der Waals surface area contributed by atoms with Gasteiger partial charge in [-0.1, -0.05) is 35.9 Å². The van der Waals surface area contributed by atoms with Gasteiger partial charge < -0.3 is 15.4 Å². The molecule has 2 N–H and O–H groups in total. The molecule has 2 aromatic carbocycles. The largest absolute Gasteiger partial charge is 0.496 e. The molecule has 0 saturated heterocycles. The van der Waals surface area contributed by atoms with E-state index < -0.39 is 0 Å². The summed E-state index contributed by atoms with van der Waals surface area (Å²) in [5, 5.41) is 6.36. The maximum absolute atomic E-state index is 12.2. The van der Waals surface area contributed by atoms with Crippen molar-refractivity contribution in [3.8, 4) is 5.75 Å². The van der Waals surface area contributed by atoms with Crippen molar-refractivity contribution in [2.45, 2.75) is 33.6 Å². The summed E-state index contributed by atoms with van der Waals surface area (Å²) in [6, 6.07) is 12.2. The molecule has 0 heterocycles. The Kier molecular flexibility index (Phi) is 7.02. The van der Waals surface area contributed by atoms with Crippen LogP contribution in [0.1, 0.15) is 28.7 Å². The average Bonchev–Trinajstić information content (AvgIpc) is 2.58. The maximum Gasteiger partial charge on any atom is 0.225 e. The highest BCUT2D eigenvalue weighted by molar-refractivity contribution is 5.92. The van der Waals surface area contributed by atoms with E-state index >= 15 is 0 Å². The van der Waals surface area contributed by atoms with Gasteiger partial charge in [0, 0.05) is 18.7 Å². The second-order valence-electron chi connectivity index (χ2n) is 6.38. The monoisotopic (exact) mass is 340 g/mol. The number of anilines is 1. The van der Waals surface area contributed by atoms with E-state index in [0.29, 0.717) is 13.0 Å². The topological polar surface area (TPSA) is 50.4 Å². The van der Waals surface area contributed by atoms with Gasteiger partial charge in [-0.15, -0.1) is 0 Å². The third kappa shape index (κ3) is 5.61. The zero-order valence-corrected chi connectivity index (χ0v) is 15.6. The van der Waals surface area contributed by atoms with E-state index in [1.807, 2.05) is 32.0 Å². The summed E-state index contributed by atoms with van der Waals surface area (Å²) in [5.74, 6) is 0.951. The number of rotatable bonds is 8. The molecule has 0 aliphatic carbocycles. The molecule has 0 atom stereocenters. The summed E-state index contributed by atoms with van der Waals surface area (Å²) < 4.78 is 5.35. The van der Waals surface area contributed by atoms with Gasteiger partial charge in [-0.05, 0) is 56.5 Å². The maximum atomic E-state index is 12.2. The Morgan fingerprint density at radius 1 is 1.04 bits per heavy atom. The summed E-state index contributed by atoms with van der Waals surface area (Å²) in [4.78, 5) is 12.2. The lowest BCUT2D eigenvalue weighted by Crippen LogP contribution is -2.24. The van der Waals surface area contributed by atoms with Gasteiger partial charge in [-0.2, -0.15) is 0 Å². The van der Waals surface area contributed by atoms with Crippen LogP contribution in [-0.4, -0.2) is 26.1 Å². The minimum Gasteiger partial charge on any atom is -0.496 e. The fourth-order valence-corrected chi connectivity index (χ4v) is 3.04. The molecular weight excluding hydrogens is 312 g/mol. The van der Waals surface area contributed by atoms with Crippen LogP contribution in [0.4, 0.5) is 5.69 Å². The molecule has 134 valence electrons. The predicted octanol–water partition coefficient (Wildman–Crippen LogP) is 3.78. The zero-order chi connectivity index (χ0) is 18.2. The fourth-order valence-electron chi connectivity index (χ4n) is 3.04. The molecule has 25 heavy (non-hydrogen) atoms. The van der Waals surface area contributed by atoms with Crippen molar-refractivity contribution >= 4 is 11.6 Å². The summed E-state index contributed by atoms with van der Waals surface area (Å²) in [6.45, 7) is 7.60. The number of benzene rings is 2. The molecule has 0 aliphatic heterocycles. The molecule has 4 nitrogen and oxygen atoms in total. The Morgan fingerprint density at radius 2 is 1.72 bits per heavy atom. The number of nitrogens with one attached hydrogen (secondary N) is 2. The molecule has 2 aromatic rings. The number of para-hydroxylation sites is 1. The first-order chi connectivity index (χ1) is 12.0. The first kappa shape index (κ1) is 19.0. The number of aryl methyl sites for hydroxylation is 3. The van der Waals surface area contributed by atoms with Crippen LogP contribution in [0, 0.1) is 20.8 Å². The standard InChI is InChI=1S/C21H28N2O2/c1-15-13-16(2)21(17(3)14-15)23-20(24)10-12-22-11-9-18-7-5-6-8-19(18)25-4/h5-8,13-14,22H,9-12H2,1-4H3,(H,23,24). The van der Waals surface area contributed by atoms with E-state index in [2.05, 4.69) is 35.8 Å². The smallest absolute Gasteiger partial charge is 0.225 e. The third-order valence-corrected chi connectivity index (χ3v) is 4.23. The summed E-state index contributed by atoms with van der Waals surface area (Å²) >= 11 is 0. The van der Waals surface area contributed by atoms with Crippen molar-refractivity contribution in [2.75, 3.05) is 25.5 Å². The zero-order valence-electron chi connectivity index (χ0n) is 15.6. The van der Waals surface area contributed by atoms with Crippen LogP contribution < -0.4 is 15.4 Å². The first-order valence-electron chi connectivity index (χ1n) is 8.71. The quantitative estimate of drug-likeness (QED) is 0.719. The van der Waals surface area contributed by atoms with E-state index in [-0.39, 0.29) is 5.91 Å². The van der Waals surface area contributed by atoms with Gasteiger partial charge in [0.1, 0.15) is 5.75 Å². The van der Waals surface area contributed by atoms with Crippen LogP contribution in [0.5, 0.6) is 5.75 Å². The molecule has 4 heteroatoms. The number of ether oxygens (including phenoxy) is 1. The molecule has 0 unspecified atom stereocenters. The van der Waals surface area contributed by atoms with Crippen molar-refractivity contribution in [3.05, 3.63) is 58.7 Å². The van der Waals surface area contributed by atoms with Crippen LogP contribution in [-0.2, 0) is 11.2 Å². The molecule has 1 amide bonds. The number of carbonyl (C=O) groups is 1. The van der Waals surface area contributed by atoms with Crippen molar-refractivity contribution < 1.29 is 9.53 Å². The number of methoxy groups -OCH3 is 1. The Labute approximate surface area is 150 Å². The Balaban J connectivity index is 1.74. The van der Waals surface area contributed by atoms with Crippen molar-refractivity contribution in [3.63, 3.8) is 0 Å². The van der Waals surface area contributed by atoms with Gasteiger partial charge in [0.25, 0.3) is 0 Å². The van der Waals surface area contributed by atoms with E-state index in [9.17, 15) is 4.79 Å². The summed E-state index contributed by atoms with van der Waals surface area (Å²) in [7, 11) is 1.69. The lowest BCUT2D eigenvalue weighted by Gasteiger charge is -2.13. The van der Waals surface area contributed by atoms with Gasteiger partial charge in [0.2, 0.25) is 5.91 Å². The summed E-state index contributed by atoms with van der Waals surface area (Å²) in [5.41, 5.74) is 5.54. The molecule has 0 saturated carbocycles.